The van der Waals surface area contributed by atoms with Crippen molar-refractivity contribution >= 4 is 16.8 Å². The van der Waals surface area contributed by atoms with E-state index in [0.717, 1.165) is 10.9 Å². The van der Waals surface area contributed by atoms with E-state index in [9.17, 15) is 4.79 Å². The lowest BCUT2D eigenvalue weighted by molar-refractivity contribution is 0.0929. The van der Waals surface area contributed by atoms with Crippen LogP contribution in [-0.2, 0) is 0 Å². The summed E-state index contributed by atoms with van der Waals surface area (Å²) < 4.78 is 5.03. The summed E-state index contributed by atoms with van der Waals surface area (Å²) in [6.07, 6.45) is 0. The van der Waals surface area contributed by atoms with E-state index in [0.29, 0.717) is 17.4 Å². The molecule has 1 amide bonds. The number of aromatic amines is 1. The summed E-state index contributed by atoms with van der Waals surface area (Å²) in [6.45, 7) is 3.50. The number of aryl methyl sites for hydroxylation is 1. The maximum absolute atomic E-state index is 12.2. The number of amides is 1. The van der Waals surface area contributed by atoms with E-state index in [1.54, 1.807) is 13.8 Å². The molecule has 1 aromatic carbocycles. The molecule has 0 fully saturated rings. The first kappa shape index (κ1) is 12.3. The first-order chi connectivity index (χ1) is 9.65. The Balaban J connectivity index is 1.82. The molecule has 0 radical (unpaired) electrons. The minimum atomic E-state index is -0.376. The normalized spacial score (nSPS) is 12.5. The quantitative estimate of drug-likeness (QED) is 0.756. The van der Waals surface area contributed by atoms with Gasteiger partial charge >= 0.3 is 0 Å². The third-order valence-corrected chi connectivity index (χ3v) is 2.95. The van der Waals surface area contributed by atoms with Gasteiger partial charge in [-0.3, -0.25) is 9.89 Å². The van der Waals surface area contributed by atoms with Crippen molar-refractivity contribution in [1.82, 2.24) is 25.7 Å². The average Bonchev–Trinajstić information content (AvgIpc) is 3.04. The molecule has 7 heteroatoms. The Morgan fingerprint density at radius 1 is 1.40 bits per heavy atom. The van der Waals surface area contributed by atoms with E-state index < -0.39 is 0 Å². The average molecular weight is 271 g/mol. The van der Waals surface area contributed by atoms with Crippen LogP contribution in [0.25, 0.3) is 10.9 Å². The van der Waals surface area contributed by atoms with E-state index in [2.05, 4.69) is 25.7 Å². The van der Waals surface area contributed by atoms with Crippen LogP contribution in [0.3, 0.4) is 0 Å². The highest BCUT2D eigenvalue weighted by atomic mass is 16.5. The van der Waals surface area contributed by atoms with Crippen molar-refractivity contribution in [3.05, 3.63) is 41.7 Å². The van der Waals surface area contributed by atoms with E-state index in [1.165, 1.54) is 0 Å². The van der Waals surface area contributed by atoms with Gasteiger partial charge in [-0.25, -0.2) is 0 Å². The lowest BCUT2D eigenvalue weighted by Crippen LogP contribution is -2.27. The first-order valence-corrected chi connectivity index (χ1v) is 6.19. The number of nitrogens with one attached hydrogen (secondary N) is 2. The van der Waals surface area contributed by atoms with Crippen LogP contribution in [0.15, 0.2) is 28.8 Å². The van der Waals surface area contributed by atoms with Crippen LogP contribution in [-0.4, -0.2) is 26.2 Å². The Labute approximate surface area is 114 Å². The molecule has 1 atom stereocenters. The number of nitrogens with zero attached hydrogens (tertiary/aromatic N) is 3. The van der Waals surface area contributed by atoms with Gasteiger partial charge < -0.3 is 9.84 Å². The number of para-hydroxylation sites is 1. The molecule has 2 N–H and O–H groups in total. The number of carbonyl (C=O) groups is 1. The summed E-state index contributed by atoms with van der Waals surface area (Å²) in [5.41, 5.74) is 1.17. The van der Waals surface area contributed by atoms with Crippen molar-refractivity contribution in [3.8, 4) is 0 Å². The van der Waals surface area contributed by atoms with Gasteiger partial charge in [0.05, 0.1) is 5.52 Å². The molecule has 2 heterocycles. The van der Waals surface area contributed by atoms with Crippen molar-refractivity contribution in [3.63, 3.8) is 0 Å². The van der Waals surface area contributed by atoms with Crippen LogP contribution in [0.2, 0.25) is 0 Å². The van der Waals surface area contributed by atoms with E-state index >= 15 is 0 Å². The monoisotopic (exact) mass is 271 g/mol. The largest absolute Gasteiger partial charge is 0.339 e. The summed E-state index contributed by atoms with van der Waals surface area (Å²) in [5.74, 6) is 0.618. The molecule has 3 aromatic rings. The zero-order valence-electron chi connectivity index (χ0n) is 11.0. The Bertz CT molecular complexity index is 761. The molecule has 3 rings (SSSR count). The molecule has 2 aromatic heterocycles. The molecule has 0 saturated heterocycles. The molecule has 7 nitrogen and oxygen atoms in total. The minimum Gasteiger partial charge on any atom is -0.339 e. The molecule has 0 aliphatic heterocycles. The van der Waals surface area contributed by atoms with Crippen LogP contribution in [0.5, 0.6) is 0 Å². The Morgan fingerprint density at radius 3 is 2.95 bits per heavy atom. The fraction of sp³-hybridized carbons (Fsp3) is 0.231. The van der Waals surface area contributed by atoms with Gasteiger partial charge in [0.1, 0.15) is 6.04 Å². The number of aromatic nitrogens is 4. The lowest BCUT2D eigenvalue weighted by Gasteiger charge is -2.08. The van der Waals surface area contributed by atoms with Crippen molar-refractivity contribution in [1.29, 1.82) is 0 Å². The third-order valence-electron chi connectivity index (χ3n) is 2.95. The molecule has 0 spiro atoms. The molecular weight excluding hydrogens is 258 g/mol. The van der Waals surface area contributed by atoms with Gasteiger partial charge in [-0.05, 0) is 19.9 Å². The third kappa shape index (κ3) is 2.13. The van der Waals surface area contributed by atoms with Crippen LogP contribution in [0.1, 0.15) is 35.2 Å². The van der Waals surface area contributed by atoms with Gasteiger partial charge in [-0.2, -0.15) is 10.1 Å². The maximum Gasteiger partial charge on any atom is 0.273 e. The van der Waals surface area contributed by atoms with E-state index in [1.807, 2.05) is 24.3 Å². The fourth-order valence-electron chi connectivity index (χ4n) is 1.95. The van der Waals surface area contributed by atoms with Crippen LogP contribution in [0.4, 0.5) is 0 Å². The van der Waals surface area contributed by atoms with Crippen LogP contribution < -0.4 is 5.32 Å². The standard InChI is InChI=1S/C13H13N5O2/c1-7(13-15-8(2)18-20-13)14-12(19)11-9-5-3-4-6-10(9)16-17-11/h3-7H,1-2H3,(H,14,19)(H,16,17). The summed E-state index contributed by atoms with van der Waals surface area (Å²) in [5, 5.41) is 14.1. The zero-order chi connectivity index (χ0) is 14.1. The van der Waals surface area contributed by atoms with Gasteiger partial charge in [-0.15, -0.1) is 0 Å². The number of carbonyl (C=O) groups excluding carboxylic acids is 1. The second-order valence-electron chi connectivity index (χ2n) is 4.49. The summed E-state index contributed by atoms with van der Waals surface area (Å²) in [7, 11) is 0. The van der Waals surface area contributed by atoms with Crippen molar-refractivity contribution < 1.29 is 9.32 Å². The first-order valence-electron chi connectivity index (χ1n) is 6.19. The second kappa shape index (κ2) is 4.76. The summed E-state index contributed by atoms with van der Waals surface area (Å²) >= 11 is 0. The molecular formula is C13H13N5O2. The molecule has 1 unspecified atom stereocenters. The second-order valence-corrected chi connectivity index (χ2v) is 4.49. The maximum atomic E-state index is 12.2. The Morgan fingerprint density at radius 2 is 2.20 bits per heavy atom. The van der Waals surface area contributed by atoms with Crippen LogP contribution >= 0.6 is 0 Å². The smallest absolute Gasteiger partial charge is 0.273 e. The van der Waals surface area contributed by atoms with Gasteiger partial charge in [0.25, 0.3) is 5.91 Å². The predicted octanol–water partition coefficient (Wildman–Crippen LogP) is 1.75. The minimum absolute atomic E-state index is 0.286. The van der Waals surface area contributed by atoms with Crippen molar-refractivity contribution in [2.75, 3.05) is 0 Å². The molecule has 20 heavy (non-hydrogen) atoms. The van der Waals surface area contributed by atoms with Crippen molar-refractivity contribution in [2.24, 2.45) is 0 Å². The van der Waals surface area contributed by atoms with Crippen molar-refractivity contribution in [2.45, 2.75) is 19.9 Å². The number of fused-ring (bicyclic) bond motifs is 1. The molecule has 0 aliphatic rings. The number of benzene rings is 1. The zero-order valence-corrected chi connectivity index (χ0v) is 11.0. The fourth-order valence-corrected chi connectivity index (χ4v) is 1.95. The highest BCUT2D eigenvalue weighted by Gasteiger charge is 2.19. The highest BCUT2D eigenvalue weighted by Crippen LogP contribution is 2.16. The lowest BCUT2D eigenvalue weighted by atomic mass is 10.2. The predicted molar refractivity (Wildman–Crippen MR) is 71.0 cm³/mol. The highest BCUT2D eigenvalue weighted by molar-refractivity contribution is 6.04. The van der Waals surface area contributed by atoms with Gasteiger partial charge in [0, 0.05) is 5.39 Å². The SMILES string of the molecule is Cc1noc(C(C)NC(=O)c2n[nH]c3ccccc23)n1. The number of H-pyrrole nitrogens is 1. The number of hydrogen-bond donors (Lipinski definition) is 2. The summed E-state index contributed by atoms with van der Waals surface area (Å²) in [4.78, 5) is 16.3. The Hall–Kier alpha value is -2.70. The molecule has 0 saturated carbocycles. The van der Waals surface area contributed by atoms with Crippen LogP contribution in [0, 0.1) is 6.92 Å². The summed E-state index contributed by atoms with van der Waals surface area (Å²) in [6, 6.07) is 7.07. The topological polar surface area (TPSA) is 96.7 Å². The number of rotatable bonds is 3. The number of hydrogen-bond acceptors (Lipinski definition) is 5. The van der Waals surface area contributed by atoms with E-state index in [4.69, 9.17) is 4.52 Å². The van der Waals surface area contributed by atoms with E-state index in [-0.39, 0.29) is 11.9 Å². The Kier molecular flexibility index (Phi) is 2.94. The molecule has 0 aliphatic carbocycles. The van der Waals surface area contributed by atoms with Gasteiger partial charge in [-0.1, -0.05) is 23.4 Å². The van der Waals surface area contributed by atoms with Gasteiger partial charge in [0.15, 0.2) is 11.5 Å². The molecule has 0 bridgehead atoms. The molecule has 102 valence electrons. The van der Waals surface area contributed by atoms with Gasteiger partial charge in [0.2, 0.25) is 5.89 Å².